The van der Waals surface area contributed by atoms with Crippen molar-refractivity contribution in [3.63, 3.8) is 0 Å². The third-order valence-corrected chi connectivity index (χ3v) is 4.03. The highest BCUT2D eigenvalue weighted by molar-refractivity contribution is 7.09. The maximum Gasteiger partial charge on any atom is 0.271 e. The Morgan fingerprint density at radius 2 is 2.25 bits per heavy atom. The molecule has 0 saturated heterocycles. The van der Waals surface area contributed by atoms with Gasteiger partial charge >= 0.3 is 0 Å². The predicted molar refractivity (Wildman–Crippen MR) is 80.9 cm³/mol. The fourth-order valence-corrected chi connectivity index (χ4v) is 2.77. The van der Waals surface area contributed by atoms with Crippen molar-refractivity contribution < 1.29 is 4.79 Å². The van der Waals surface area contributed by atoms with Gasteiger partial charge in [-0.3, -0.25) is 4.79 Å². The van der Waals surface area contributed by atoms with Crippen molar-refractivity contribution in [3.8, 4) is 0 Å². The Morgan fingerprint density at radius 1 is 1.40 bits per heavy atom. The van der Waals surface area contributed by atoms with E-state index in [0.29, 0.717) is 12.2 Å². The van der Waals surface area contributed by atoms with Crippen molar-refractivity contribution in [2.24, 2.45) is 7.05 Å². The summed E-state index contributed by atoms with van der Waals surface area (Å²) in [7, 11) is 2.02. The van der Waals surface area contributed by atoms with Crippen LogP contribution in [-0.2, 0) is 13.6 Å². The smallest absolute Gasteiger partial charge is 0.271 e. The van der Waals surface area contributed by atoms with Crippen molar-refractivity contribution in [3.05, 3.63) is 52.1 Å². The number of nitrogens with zero attached hydrogens (tertiary/aromatic N) is 2. The number of carbonyl (C=O) groups excluding carboxylic acids is 1. The summed E-state index contributed by atoms with van der Waals surface area (Å²) in [4.78, 5) is 16.1. The molecule has 4 nitrogen and oxygen atoms in total. The van der Waals surface area contributed by atoms with E-state index in [1.807, 2.05) is 26.2 Å². The van der Waals surface area contributed by atoms with Gasteiger partial charge in [-0.1, -0.05) is 6.07 Å². The lowest BCUT2D eigenvalue weighted by atomic mass is 10.1. The number of carbonyl (C=O) groups is 1. The van der Waals surface area contributed by atoms with Gasteiger partial charge in [0.15, 0.2) is 0 Å². The molecule has 0 aliphatic rings. The number of amides is 1. The number of thiazole rings is 1. The summed E-state index contributed by atoms with van der Waals surface area (Å²) in [6.07, 6.45) is 2.03. The van der Waals surface area contributed by atoms with E-state index in [-0.39, 0.29) is 5.91 Å². The lowest BCUT2D eigenvalue weighted by molar-refractivity contribution is 0.0946. The molecule has 0 radical (unpaired) electrons. The summed E-state index contributed by atoms with van der Waals surface area (Å²) in [5.41, 5.74) is 2.77. The van der Waals surface area contributed by atoms with E-state index in [0.717, 1.165) is 10.6 Å². The molecule has 0 bridgehead atoms. The molecule has 1 N–H and O–H groups in total. The van der Waals surface area contributed by atoms with Crippen LogP contribution in [0.25, 0.3) is 10.9 Å². The Kier molecular flexibility index (Phi) is 3.28. The molecule has 1 aromatic carbocycles. The first kappa shape index (κ1) is 12.9. The molecule has 3 aromatic rings. The van der Waals surface area contributed by atoms with Gasteiger partial charge < -0.3 is 9.88 Å². The molecule has 5 heteroatoms. The van der Waals surface area contributed by atoms with Crippen LogP contribution in [0.5, 0.6) is 0 Å². The number of benzene rings is 1. The van der Waals surface area contributed by atoms with Crippen LogP contribution in [0.1, 0.15) is 21.1 Å². The molecule has 3 rings (SSSR count). The molecule has 0 fully saturated rings. The third kappa shape index (κ3) is 2.44. The second-order valence-corrected chi connectivity index (χ2v) is 5.82. The van der Waals surface area contributed by atoms with Gasteiger partial charge in [0.1, 0.15) is 5.69 Å². The summed E-state index contributed by atoms with van der Waals surface area (Å²) in [5, 5.41) is 6.77. The summed E-state index contributed by atoms with van der Waals surface area (Å²) < 4.78 is 2.08. The molecule has 0 spiro atoms. The van der Waals surface area contributed by atoms with Crippen LogP contribution in [0.4, 0.5) is 0 Å². The lowest BCUT2D eigenvalue weighted by Gasteiger charge is -2.04. The van der Waals surface area contributed by atoms with Gasteiger partial charge in [0.05, 0.1) is 5.01 Å². The number of aromatic nitrogens is 2. The molecule has 0 unspecified atom stereocenters. The largest absolute Gasteiger partial charge is 0.351 e. The van der Waals surface area contributed by atoms with Crippen molar-refractivity contribution in [2.75, 3.05) is 0 Å². The maximum absolute atomic E-state index is 11.9. The van der Waals surface area contributed by atoms with E-state index < -0.39 is 0 Å². The molecule has 20 heavy (non-hydrogen) atoms. The molecule has 2 heterocycles. The molecule has 0 atom stereocenters. The van der Waals surface area contributed by atoms with Crippen LogP contribution in [0.15, 0.2) is 35.8 Å². The fourth-order valence-electron chi connectivity index (χ4n) is 2.18. The van der Waals surface area contributed by atoms with Crippen molar-refractivity contribution in [1.29, 1.82) is 0 Å². The minimum Gasteiger partial charge on any atom is -0.351 e. The van der Waals surface area contributed by atoms with Crippen LogP contribution < -0.4 is 5.32 Å². The van der Waals surface area contributed by atoms with Gasteiger partial charge in [-0.25, -0.2) is 4.98 Å². The Bertz CT molecular complexity index is 772. The predicted octanol–water partition coefficient (Wildman–Crippen LogP) is 2.87. The minimum atomic E-state index is -0.123. The van der Waals surface area contributed by atoms with Gasteiger partial charge in [-0.15, -0.1) is 11.3 Å². The first-order chi connectivity index (χ1) is 9.63. The molecular weight excluding hydrogens is 270 g/mol. The highest BCUT2D eigenvalue weighted by Gasteiger charge is 2.09. The van der Waals surface area contributed by atoms with Gasteiger partial charge in [-0.05, 0) is 36.1 Å². The normalized spacial score (nSPS) is 10.9. The molecule has 0 aliphatic carbocycles. The number of hydrogen-bond acceptors (Lipinski definition) is 3. The van der Waals surface area contributed by atoms with Gasteiger partial charge in [-0.2, -0.15) is 0 Å². The molecule has 1 amide bonds. The molecule has 0 saturated carbocycles. The Hall–Kier alpha value is -2.14. The minimum absolute atomic E-state index is 0.123. The molecule has 0 aliphatic heterocycles. The van der Waals surface area contributed by atoms with Crippen molar-refractivity contribution >= 4 is 28.1 Å². The first-order valence-electron chi connectivity index (χ1n) is 6.38. The van der Waals surface area contributed by atoms with Crippen LogP contribution >= 0.6 is 11.3 Å². The zero-order valence-corrected chi connectivity index (χ0v) is 12.2. The number of rotatable bonds is 3. The highest BCUT2D eigenvalue weighted by Crippen LogP contribution is 2.16. The molecular formula is C15H15N3OS. The first-order valence-corrected chi connectivity index (χ1v) is 7.26. The standard InChI is InChI=1S/C15H15N3OS/c1-10-17-13(9-20-10)15(19)16-8-11-3-4-14-12(7-11)5-6-18(14)2/h3-7,9H,8H2,1-2H3,(H,16,19). The van der Waals surface area contributed by atoms with Gasteiger partial charge in [0.25, 0.3) is 5.91 Å². The average molecular weight is 285 g/mol. The van der Waals surface area contributed by atoms with E-state index in [2.05, 4.69) is 33.1 Å². The maximum atomic E-state index is 11.9. The van der Waals surface area contributed by atoms with E-state index in [1.54, 1.807) is 5.38 Å². The fraction of sp³-hybridized carbons (Fsp3) is 0.200. The van der Waals surface area contributed by atoms with Crippen molar-refractivity contribution in [1.82, 2.24) is 14.9 Å². The number of aryl methyl sites for hydroxylation is 2. The monoisotopic (exact) mass is 285 g/mol. The van der Waals surface area contributed by atoms with Crippen molar-refractivity contribution in [2.45, 2.75) is 13.5 Å². The van der Waals surface area contributed by atoms with E-state index in [1.165, 1.54) is 22.2 Å². The summed E-state index contributed by atoms with van der Waals surface area (Å²) in [5.74, 6) is -0.123. The van der Waals surface area contributed by atoms with Gasteiger partial charge in [0, 0.05) is 30.7 Å². The Labute approximate surface area is 121 Å². The van der Waals surface area contributed by atoms with Crippen LogP contribution in [0.2, 0.25) is 0 Å². The highest BCUT2D eigenvalue weighted by atomic mass is 32.1. The van der Waals surface area contributed by atoms with Crippen LogP contribution in [0.3, 0.4) is 0 Å². The number of fused-ring (bicyclic) bond motifs is 1. The Morgan fingerprint density at radius 3 is 3.00 bits per heavy atom. The van der Waals surface area contributed by atoms with Crippen LogP contribution in [-0.4, -0.2) is 15.5 Å². The third-order valence-electron chi connectivity index (χ3n) is 3.25. The zero-order valence-electron chi connectivity index (χ0n) is 11.4. The quantitative estimate of drug-likeness (QED) is 0.804. The average Bonchev–Trinajstić information content (AvgIpc) is 3.03. The molecule has 102 valence electrons. The van der Waals surface area contributed by atoms with E-state index >= 15 is 0 Å². The van der Waals surface area contributed by atoms with Gasteiger partial charge in [0.2, 0.25) is 0 Å². The second kappa shape index (κ2) is 5.09. The summed E-state index contributed by atoms with van der Waals surface area (Å²) in [6.45, 7) is 2.41. The Balaban J connectivity index is 1.72. The second-order valence-electron chi connectivity index (χ2n) is 4.75. The topological polar surface area (TPSA) is 46.9 Å². The molecule has 2 aromatic heterocycles. The zero-order chi connectivity index (χ0) is 14.1. The van der Waals surface area contributed by atoms with Crippen LogP contribution in [0, 0.1) is 6.92 Å². The SMILES string of the molecule is Cc1nc(C(=O)NCc2ccc3c(ccn3C)c2)cs1. The number of nitrogens with one attached hydrogen (secondary N) is 1. The van der Waals surface area contributed by atoms with E-state index in [9.17, 15) is 4.79 Å². The summed E-state index contributed by atoms with van der Waals surface area (Å²) in [6, 6.07) is 8.28. The summed E-state index contributed by atoms with van der Waals surface area (Å²) >= 11 is 1.48. The number of hydrogen-bond donors (Lipinski definition) is 1. The van der Waals surface area contributed by atoms with E-state index in [4.69, 9.17) is 0 Å². The lowest BCUT2D eigenvalue weighted by Crippen LogP contribution is -2.23.